The first-order valence-electron chi connectivity index (χ1n) is 6.17. The predicted molar refractivity (Wildman–Crippen MR) is 85.2 cm³/mol. The van der Waals surface area contributed by atoms with Crippen molar-refractivity contribution >= 4 is 50.0 Å². The summed E-state index contributed by atoms with van der Waals surface area (Å²) in [5, 5.41) is 17.2. The molecule has 3 amide bonds. The summed E-state index contributed by atoms with van der Waals surface area (Å²) in [6.07, 6.45) is 1.74. The fraction of sp³-hybridized carbons (Fsp3) is 0.308. The number of nitrogens with zero attached hydrogens (tertiary/aromatic N) is 2. The number of phenols is 1. The maximum Gasteiger partial charge on any atom is 0.346 e. The Morgan fingerprint density at radius 1 is 1.43 bits per heavy atom. The van der Waals surface area contributed by atoms with Gasteiger partial charge >= 0.3 is 6.03 Å². The lowest BCUT2D eigenvalue weighted by molar-refractivity contribution is -0.130. The van der Waals surface area contributed by atoms with Gasteiger partial charge in [0.15, 0.2) is 0 Å². The molecule has 0 bridgehead atoms. The Kier molecular flexibility index (Phi) is 4.38. The summed E-state index contributed by atoms with van der Waals surface area (Å²) in [4.78, 5) is 24.0. The smallest absolute Gasteiger partial charge is 0.346 e. The van der Waals surface area contributed by atoms with E-state index in [0.29, 0.717) is 16.5 Å². The van der Waals surface area contributed by atoms with E-state index < -0.39 is 17.5 Å². The van der Waals surface area contributed by atoms with Crippen LogP contribution in [-0.2, 0) is 4.79 Å². The summed E-state index contributed by atoms with van der Waals surface area (Å²) in [6.45, 7) is 3.46. The second kappa shape index (κ2) is 5.76. The highest BCUT2D eigenvalue weighted by Gasteiger charge is 2.46. The lowest BCUT2D eigenvalue weighted by Gasteiger charge is -2.17. The van der Waals surface area contributed by atoms with Crippen LogP contribution in [-0.4, -0.2) is 33.8 Å². The number of nitrogens with one attached hydrogen (secondary N) is 1. The number of hydrazone groups is 1. The largest absolute Gasteiger partial charge is 0.506 e. The molecule has 1 aromatic rings. The van der Waals surface area contributed by atoms with Crippen molar-refractivity contribution in [2.75, 3.05) is 0 Å². The van der Waals surface area contributed by atoms with E-state index in [4.69, 9.17) is 0 Å². The Balaban J connectivity index is 2.30. The van der Waals surface area contributed by atoms with E-state index in [1.165, 1.54) is 6.21 Å². The van der Waals surface area contributed by atoms with Crippen LogP contribution in [0.2, 0.25) is 0 Å². The molecule has 0 spiro atoms. The van der Waals surface area contributed by atoms with Gasteiger partial charge in [-0.2, -0.15) is 5.10 Å². The molecule has 0 aliphatic carbocycles. The molecule has 8 heteroatoms. The molecule has 1 aliphatic heterocycles. The van der Waals surface area contributed by atoms with Gasteiger partial charge in [-0.25, -0.2) is 4.79 Å². The first kappa shape index (κ1) is 16.0. The average molecular weight is 419 g/mol. The standard InChI is InChI=1S/C13H13Br2N3O3/c1-3-13(2)11(20)18(12(21)17-13)16-6-7-4-8(14)5-9(15)10(7)19/h4-6,19H,3H2,1-2H3,(H,17,21)/b16-6-/t13-/m1/s1. The normalized spacial score (nSPS) is 22.2. The Bertz CT molecular complexity index is 648. The molecule has 1 atom stereocenters. The number of urea groups is 1. The zero-order valence-electron chi connectivity index (χ0n) is 11.4. The number of rotatable bonds is 3. The number of amides is 3. The number of imide groups is 1. The van der Waals surface area contributed by atoms with Crippen molar-refractivity contribution in [3.63, 3.8) is 0 Å². The number of hydrogen-bond acceptors (Lipinski definition) is 4. The van der Waals surface area contributed by atoms with Crippen LogP contribution in [0.4, 0.5) is 4.79 Å². The van der Waals surface area contributed by atoms with Crippen molar-refractivity contribution in [1.29, 1.82) is 0 Å². The number of phenolic OH excluding ortho intramolecular Hbond substituents is 1. The SMILES string of the molecule is CC[C@@]1(C)NC(=O)N(/N=C\c2cc(Br)cc(Br)c2O)C1=O. The molecule has 0 unspecified atom stereocenters. The molecule has 1 aliphatic rings. The van der Waals surface area contributed by atoms with Crippen molar-refractivity contribution in [1.82, 2.24) is 10.3 Å². The summed E-state index contributed by atoms with van der Waals surface area (Å²) in [5.74, 6) is -0.438. The summed E-state index contributed by atoms with van der Waals surface area (Å²) < 4.78 is 1.21. The molecule has 2 rings (SSSR count). The number of hydrogen-bond donors (Lipinski definition) is 2. The van der Waals surface area contributed by atoms with Crippen LogP contribution in [0.1, 0.15) is 25.8 Å². The number of benzene rings is 1. The fourth-order valence-corrected chi connectivity index (χ4v) is 3.08. The Hall–Kier alpha value is -1.41. The lowest BCUT2D eigenvalue weighted by Crippen LogP contribution is -2.42. The van der Waals surface area contributed by atoms with Gasteiger partial charge in [-0.15, -0.1) is 5.01 Å². The van der Waals surface area contributed by atoms with E-state index in [-0.39, 0.29) is 5.75 Å². The molecule has 0 aromatic heterocycles. The number of halogens is 2. The van der Waals surface area contributed by atoms with Gasteiger partial charge in [-0.3, -0.25) is 4.79 Å². The zero-order chi connectivity index (χ0) is 15.8. The quantitative estimate of drug-likeness (QED) is 0.584. The van der Waals surface area contributed by atoms with Crippen molar-refractivity contribution in [2.45, 2.75) is 25.8 Å². The van der Waals surface area contributed by atoms with Gasteiger partial charge in [0, 0.05) is 10.0 Å². The minimum Gasteiger partial charge on any atom is -0.506 e. The van der Waals surface area contributed by atoms with Crippen molar-refractivity contribution in [3.05, 3.63) is 26.6 Å². The maximum absolute atomic E-state index is 12.2. The third kappa shape index (κ3) is 2.96. The molecule has 0 saturated carbocycles. The van der Waals surface area contributed by atoms with Crippen molar-refractivity contribution in [3.8, 4) is 5.75 Å². The van der Waals surface area contributed by atoms with Crippen molar-refractivity contribution < 1.29 is 14.7 Å². The Morgan fingerprint density at radius 2 is 2.10 bits per heavy atom. The van der Waals surface area contributed by atoms with Crippen LogP contribution < -0.4 is 5.32 Å². The molecule has 1 heterocycles. The lowest BCUT2D eigenvalue weighted by atomic mass is 10.00. The second-order valence-electron chi connectivity index (χ2n) is 4.80. The predicted octanol–water partition coefficient (Wildman–Crippen LogP) is 2.97. The number of aromatic hydroxyl groups is 1. The van der Waals surface area contributed by atoms with Crippen LogP contribution in [0.3, 0.4) is 0 Å². The highest BCUT2D eigenvalue weighted by molar-refractivity contribution is 9.11. The Morgan fingerprint density at radius 3 is 2.67 bits per heavy atom. The Labute approximate surface area is 138 Å². The third-order valence-electron chi connectivity index (χ3n) is 3.32. The van der Waals surface area contributed by atoms with Gasteiger partial charge in [-0.1, -0.05) is 22.9 Å². The van der Waals surface area contributed by atoms with Crippen molar-refractivity contribution in [2.24, 2.45) is 5.10 Å². The summed E-state index contributed by atoms with van der Waals surface area (Å²) in [7, 11) is 0. The molecule has 112 valence electrons. The monoisotopic (exact) mass is 417 g/mol. The van der Waals surface area contributed by atoms with Crippen LogP contribution in [0.5, 0.6) is 5.75 Å². The average Bonchev–Trinajstić information content (AvgIpc) is 2.64. The number of carbonyl (C=O) groups is 2. The molecule has 1 saturated heterocycles. The van der Waals surface area contributed by atoms with E-state index >= 15 is 0 Å². The van der Waals surface area contributed by atoms with Gasteiger partial charge in [0.05, 0.1) is 10.7 Å². The molecule has 6 nitrogen and oxygen atoms in total. The summed E-state index contributed by atoms with van der Waals surface area (Å²) in [5.41, 5.74) is -0.559. The van der Waals surface area contributed by atoms with Gasteiger partial charge in [0.2, 0.25) is 0 Å². The minimum absolute atomic E-state index is 0.0211. The van der Waals surface area contributed by atoms with E-state index in [1.807, 2.05) is 6.92 Å². The molecule has 1 aromatic carbocycles. The molecule has 2 N–H and O–H groups in total. The van der Waals surface area contributed by atoms with E-state index in [1.54, 1.807) is 19.1 Å². The topological polar surface area (TPSA) is 82.0 Å². The van der Waals surface area contributed by atoms with Crippen LogP contribution >= 0.6 is 31.9 Å². The van der Waals surface area contributed by atoms with Crippen LogP contribution in [0.25, 0.3) is 0 Å². The van der Waals surface area contributed by atoms with E-state index in [2.05, 4.69) is 42.3 Å². The van der Waals surface area contributed by atoms with Crippen LogP contribution in [0, 0.1) is 0 Å². The zero-order valence-corrected chi connectivity index (χ0v) is 14.5. The molecular weight excluding hydrogens is 406 g/mol. The molecule has 0 radical (unpaired) electrons. The van der Waals surface area contributed by atoms with Gasteiger partial charge in [0.1, 0.15) is 11.3 Å². The van der Waals surface area contributed by atoms with E-state index in [9.17, 15) is 14.7 Å². The third-order valence-corrected chi connectivity index (χ3v) is 4.38. The first-order valence-corrected chi connectivity index (χ1v) is 7.76. The number of carbonyl (C=O) groups excluding carboxylic acids is 2. The van der Waals surface area contributed by atoms with E-state index in [0.717, 1.165) is 9.48 Å². The highest BCUT2D eigenvalue weighted by Crippen LogP contribution is 2.31. The van der Waals surface area contributed by atoms with Gasteiger partial charge < -0.3 is 10.4 Å². The fourth-order valence-electron chi connectivity index (χ4n) is 1.82. The second-order valence-corrected chi connectivity index (χ2v) is 6.57. The molecule has 1 fully saturated rings. The van der Waals surface area contributed by atoms with Crippen LogP contribution in [0.15, 0.2) is 26.2 Å². The molecular formula is C13H13Br2N3O3. The minimum atomic E-state index is -0.936. The first-order chi connectivity index (χ1) is 9.78. The summed E-state index contributed by atoms with van der Waals surface area (Å²) >= 11 is 6.49. The highest BCUT2D eigenvalue weighted by atomic mass is 79.9. The summed E-state index contributed by atoms with van der Waals surface area (Å²) in [6, 6.07) is 2.73. The maximum atomic E-state index is 12.2. The molecule has 21 heavy (non-hydrogen) atoms. The van der Waals surface area contributed by atoms with Gasteiger partial charge in [0.25, 0.3) is 5.91 Å². The van der Waals surface area contributed by atoms with Gasteiger partial charge in [-0.05, 0) is 41.4 Å².